The van der Waals surface area contributed by atoms with E-state index in [-0.39, 0.29) is 0 Å². The molecule has 0 aliphatic heterocycles. The maximum Gasteiger partial charge on any atom is -0.0178 e. The molecule has 0 bridgehead atoms. The minimum atomic E-state index is 0.581. The fourth-order valence-electron chi connectivity index (χ4n) is 2.28. The van der Waals surface area contributed by atoms with E-state index in [1.165, 1.54) is 27.8 Å². The Kier molecular flexibility index (Phi) is 3.33. The molecule has 0 atom stereocenters. The quantitative estimate of drug-likeness (QED) is 0.666. The average molecular weight is 224 g/mol. The van der Waals surface area contributed by atoms with Crippen molar-refractivity contribution >= 4 is 0 Å². The number of benzene rings is 2. The molecular weight excluding hydrogens is 204 g/mol. The summed E-state index contributed by atoms with van der Waals surface area (Å²) in [6.07, 6.45) is 0. The summed E-state index contributed by atoms with van der Waals surface area (Å²) < 4.78 is 0. The molecule has 0 nitrogen and oxygen atoms in total. The van der Waals surface area contributed by atoms with Crippen LogP contribution in [0.4, 0.5) is 0 Å². The molecule has 0 aliphatic carbocycles. The van der Waals surface area contributed by atoms with Crippen molar-refractivity contribution in [2.45, 2.75) is 33.6 Å². The van der Waals surface area contributed by atoms with E-state index in [4.69, 9.17) is 0 Å². The highest BCUT2D eigenvalue weighted by Gasteiger charge is 2.08. The van der Waals surface area contributed by atoms with E-state index >= 15 is 0 Å². The van der Waals surface area contributed by atoms with Crippen molar-refractivity contribution in [2.75, 3.05) is 0 Å². The molecule has 0 radical (unpaired) electrons. The molecule has 88 valence electrons. The molecule has 0 saturated carbocycles. The SMILES string of the molecule is Cc1cc(-c2ccccc2)cc(C(C)C)c1C. The minimum Gasteiger partial charge on any atom is -0.0622 e. The standard InChI is InChI=1S/C17H20/c1-12(2)17-11-16(10-13(3)14(17)4)15-8-6-5-7-9-15/h5-12H,1-4H3. The summed E-state index contributed by atoms with van der Waals surface area (Å²) >= 11 is 0. The van der Waals surface area contributed by atoms with Crippen LogP contribution in [0.3, 0.4) is 0 Å². The first-order chi connectivity index (χ1) is 8.09. The highest BCUT2D eigenvalue weighted by atomic mass is 14.1. The smallest absolute Gasteiger partial charge is 0.0178 e. The van der Waals surface area contributed by atoms with E-state index in [9.17, 15) is 0 Å². The Hall–Kier alpha value is -1.56. The molecule has 0 amide bonds. The topological polar surface area (TPSA) is 0 Å². The van der Waals surface area contributed by atoms with Crippen LogP contribution in [0.15, 0.2) is 42.5 Å². The van der Waals surface area contributed by atoms with Gasteiger partial charge in [0.05, 0.1) is 0 Å². The van der Waals surface area contributed by atoms with Crippen LogP contribution in [0.2, 0.25) is 0 Å². The predicted molar refractivity (Wildman–Crippen MR) is 75.4 cm³/mol. The van der Waals surface area contributed by atoms with Crippen LogP contribution in [-0.4, -0.2) is 0 Å². The predicted octanol–water partition coefficient (Wildman–Crippen LogP) is 5.09. The molecule has 0 heterocycles. The summed E-state index contributed by atoms with van der Waals surface area (Å²) in [6, 6.07) is 15.2. The second-order valence-electron chi connectivity index (χ2n) is 5.03. The van der Waals surface area contributed by atoms with E-state index < -0.39 is 0 Å². The molecule has 0 unspecified atom stereocenters. The van der Waals surface area contributed by atoms with Crippen LogP contribution in [0, 0.1) is 13.8 Å². The van der Waals surface area contributed by atoms with Gasteiger partial charge in [-0.25, -0.2) is 0 Å². The molecule has 17 heavy (non-hydrogen) atoms. The molecule has 0 saturated heterocycles. The second-order valence-corrected chi connectivity index (χ2v) is 5.03. The van der Waals surface area contributed by atoms with E-state index in [2.05, 4.69) is 70.2 Å². The van der Waals surface area contributed by atoms with Gasteiger partial charge in [0.1, 0.15) is 0 Å². The lowest BCUT2D eigenvalue weighted by molar-refractivity contribution is 0.854. The summed E-state index contributed by atoms with van der Waals surface area (Å²) in [5.41, 5.74) is 6.91. The van der Waals surface area contributed by atoms with Gasteiger partial charge in [-0.3, -0.25) is 0 Å². The van der Waals surface area contributed by atoms with Crippen molar-refractivity contribution in [3.63, 3.8) is 0 Å². The summed E-state index contributed by atoms with van der Waals surface area (Å²) in [4.78, 5) is 0. The highest BCUT2D eigenvalue weighted by molar-refractivity contribution is 5.66. The van der Waals surface area contributed by atoms with Crippen molar-refractivity contribution in [1.29, 1.82) is 0 Å². The highest BCUT2D eigenvalue weighted by Crippen LogP contribution is 2.29. The molecule has 2 rings (SSSR count). The Labute approximate surface area is 104 Å². The summed E-state index contributed by atoms with van der Waals surface area (Å²) in [5.74, 6) is 0.581. The van der Waals surface area contributed by atoms with Gasteiger partial charge >= 0.3 is 0 Å². The van der Waals surface area contributed by atoms with Crippen molar-refractivity contribution in [3.8, 4) is 11.1 Å². The monoisotopic (exact) mass is 224 g/mol. The Bertz CT molecular complexity index is 507. The minimum absolute atomic E-state index is 0.581. The third kappa shape index (κ3) is 2.41. The maximum absolute atomic E-state index is 2.34. The van der Waals surface area contributed by atoms with Crippen molar-refractivity contribution in [3.05, 3.63) is 59.2 Å². The van der Waals surface area contributed by atoms with Crippen molar-refractivity contribution in [1.82, 2.24) is 0 Å². The van der Waals surface area contributed by atoms with E-state index in [1.807, 2.05) is 0 Å². The van der Waals surface area contributed by atoms with Gasteiger partial charge in [-0.05, 0) is 47.6 Å². The zero-order valence-corrected chi connectivity index (χ0v) is 11.1. The third-order valence-electron chi connectivity index (χ3n) is 3.44. The molecule has 0 fully saturated rings. The van der Waals surface area contributed by atoms with Crippen LogP contribution in [0.1, 0.15) is 36.5 Å². The van der Waals surface area contributed by atoms with Crippen LogP contribution >= 0.6 is 0 Å². The fraction of sp³-hybridized carbons (Fsp3) is 0.294. The zero-order valence-electron chi connectivity index (χ0n) is 11.1. The number of hydrogen-bond donors (Lipinski definition) is 0. The fourth-order valence-corrected chi connectivity index (χ4v) is 2.28. The van der Waals surface area contributed by atoms with Gasteiger partial charge < -0.3 is 0 Å². The lowest BCUT2D eigenvalue weighted by atomic mass is 9.90. The van der Waals surface area contributed by atoms with Crippen LogP contribution in [0.25, 0.3) is 11.1 Å². The van der Waals surface area contributed by atoms with Gasteiger partial charge in [-0.2, -0.15) is 0 Å². The van der Waals surface area contributed by atoms with Crippen LogP contribution < -0.4 is 0 Å². The lowest BCUT2D eigenvalue weighted by Crippen LogP contribution is -1.96. The van der Waals surface area contributed by atoms with Crippen molar-refractivity contribution < 1.29 is 0 Å². The molecular formula is C17H20. The molecule has 0 N–H and O–H groups in total. The maximum atomic E-state index is 2.34. The number of hydrogen-bond acceptors (Lipinski definition) is 0. The van der Waals surface area contributed by atoms with Gasteiger partial charge in [-0.15, -0.1) is 0 Å². The van der Waals surface area contributed by atoms with Gasteiger partial charge in [0, 0.05) is 0 Å². The van der Waals surface area contributed by atoms with Crippen molar-refractivity contribution in [2.24, 2.45) is 0 Å². The lowest BCUT2D eigenvalue weighted by Gasteiger charge is -2.15. The number of aryl methyl sites for hydroxylation is 1. The Morgan fingerprint density at radius 2 is 1.47 bits per heavy atom. The molecule has 2 aromatic carbocycles. The molecule has 0 aliphatic rings. The van der Waals surface area contributed by atoms with Gasteiger partial charge in [0.2, 0.25) is 0 Å². The molecule has 0 spiro atoms. The largest absolute Gasteiger partial charge is 0.0622 e. The molecule has 0 aromatic heterocycles. The van der Waals surface area contributed by atoms with Crippen LogP contribution in [-0.2, 0) is 0 Å². The zero-order chi connectivity index (χ0) is 12.4. The van der Waals surface area contributed by atoms with E-state index in [1.54, 1.807) is 0 Å². The normalized spacial score (nSPS) is 10.9. The van der Waals surface area contributed by atoms with E-state index in [0.29, 0.717) is 5.92 Å². The summed E-state index contributed by atoms with van der Waals surface area (Å²) in [7, 11) is 0. The Balaban J connectivity index is 2.57. The number of rotatable bonds is 2. The van der Waals surface area contributed by atoms with Gasteiger partial charge in [0.25, 0.3) is 0 Å². The van der Waals surface area contributed by atoms with Crippen LogP contribution in [0.5, 0.6) is 0 Å². The molecule has 0 heteroatoms. The second kappa shape index (κ2) is 4.75. The van der Waals surface area contributed by atoms with Gasteiger partial charge in [-0.1, -0.05) is 56.3 Å². The Morgan fingerprint density at radius 1 is 0.824 bits per heavy atom. The summed E-state index contributed by atoms with van der Waals surface area (Å²) in [6.45, 7) is 8.94. The first-order valence-electron chi connectivity index (χ1n) is 6.26. The molecule has 2 aromatic rings. The van der Waals surface area contributed by atoms with E-state index in [0.717, 1.165) is 0 Å². The first kappa shape index (κ1) is 11.9. The third-order valence-corrected chi connectivity index (χ3v) is 3.44. The first-order valence-corrected chi connectivity index (χ1v) is 6.26. The Morgan fingerprint density at radius 3 is 2.06 bits per heavy atom. The van der Waals surface area contributed by atoms with Gasteiger partial charge in [0.15, 0.2) is 0 Å². The average Bonchev–Trinajstić information content (AvgIpc) is 2.33. The summed E-state index contributed by atoms with van der Waals surface area (Å²) in [5, 5.41) is 0.